The maximum atomic E-state index is 11.9. The van der Waals surface area contributed by atoms with Crippen LogP contribution < -0.4 is 11.1 Å². The van der Waals surface area contributed by atoms with E-state index in [9.17, 15) is 4.79 Å². The number of carbonyl (C=O) groups excluding carboxylic acids is 1. The van der Waals surface area contributed by atoms with E-state index < -0.39 is 0 Å². The molecule has 1 unspecified atom stereocenters. The fourth-order valence-corrected chi connectivity index (χ4v) is 1.74. The number of nitrogens with one attached hydrogen (secondary N) is 1. The highest BCUT2D eigenvalue weighted by molar-refractivity contribution is 5.95. The zero-order valence-corrected chi connectivity index (χ0v) is 9.19. The molecule has 1 aromatic heterocycles. The van der Waals surface area contributed by atoms with E-state index in [2.05, 4.69) is 10.3 Å². The van der Waals surface area contributed by atoms with E-state index in [-0.39, 0.29) is 11.9 Å². The molecule has 1 aliphatic heterocycles. The number of aromatic nitrogens is 1. The number of carbonyl (C=O) groups is 1. The highest BCUT2D eigenvalue weighted by Crippen LogP contribution is 2.09. The van der Waals surface area contributed by atoms with E-state index in [1.807, 2.05) is 6.92 Å². The highest BCUT2D eigenvalue weighted by atomic mass is 16.5. The predicted molar refractivity (Wildman–Crippen MR) is 60.1 cm³/mol. The second kappa shape index (κ2) is 4.49. The van der Waals surface area contributed by atoms with Crippen molar-refractivity contribution in [3.05, 3.63) is 23.4 Å². The third kappa shape index (κ3) is 2.49. The molecule has 0 spiro atoms. The number of ether oxygens (including phenoxy) is 1. The average molecular weight is 221 g/mol. The Morgan fingerprint density at radius 2 is 2.44 bits per heavy atom. The fraction of sp³-hybridized carbons (Fsp3) is 0.455. The van der Waals surface area contributed by atoms with E-state index in [1.165, 1.54) is 0 Å². The second-order valence-corrected chi connectivity index (χ2v) is 3.96. The van der Waals surface area contributed by atoms with Crippen LogP contribution in [0.1, 0.15) is 22.5 Å². The van der Waals surface area contributed by atoms with Gasteiger partial charge < -0.3 is 15.8 Å². The number of nitrogens with two attached hydrogens (primary N) is 1. The maximum Gasteiger partial charge on any atom is 0.251 e. The zero-order chi connectivity index (χ0) is 11.5. The number of rotatable bonds is 2. The summed E-state index contributed by atoms with van der Waals surface area (Å²) < 4.78 is 5.19. The Bertz CT molecular complexity index is 380. The first kappa shape index (κ1) is 10.9. The van der Waals surface area contributed by atoms with Crippen molar-refractivity contribution in [2.24, 2.45) is 0 Å². The van der Waals surface area contributed by atoms with Gasteiger partial charge in [-0.05, 0) is 25.5 Å². The van der Waals surface area contributed by atoms with Crippen molar-refractivity contribution in [1.29, 1.82) is 0 Å². The number of hydrogen-bond donors (Lipinski definition) is 2. The van der Waals surface area contributed by atoms with Gasteiger partial charge in [-0.15, -0.1) is 0 Å². The summed E-state index contributed by atoms with van der Waals surface area (Å²) in [5, 5.41) is 2.90. The monoisotopic (exact) mass is 221 g/mol. The largest absolute Gasteiger partial charge is 0.384 e. The molecular weight excluding hydrogens is 206 g/mol. The van der Waals surface area contributed by atoms with Gasteiger partial charge in [-0.2, -0.15) is 0 Å². The molecule has 0 radical (unpaired) electrons. The van der Waals surface area contributed by atoms with E-state index in [0.717, 1.165) is 12.1 Å². The molecule has 2 heterocycles. The van der Waals surface area contributed by atoms with Gasteiger partial charge in [0.1, 0.15) is 5.82 Å². The Balaban J connectivity index is 2.07. The summed E-state index contributed by atoms with van der Waals surface area (Å²) in [7, 11) is 0. The highest BCUT2D eigenvalue weighted by Gasteiger charge is 2.18. The van der Waals surface area contributed by atoms with E-state index in [1.54, 1.807) is 12.1 Å². The molecule has 1 fully saturated rings. The van der Waals surface area contributed by atoms with Gasteiger partial charge >= 0.3 is 0 Å². The van der Waals surface area contributed by atoms with Crippen LogP contribution in [0.2, 0.25) is 0 Å². The van der Waals surface area contributed by atoms with Crippen molar-refractivity contribution < 1.29 is 9.53 Å². The van der Waals surface area contributed by atoms with Crippen molar-refractivity contribution in [1.82, 2.24) is 10.3 Å². The van der Waals surface area contributed by atoms with Gasteiger partial charge in [-0.1, -0.05) is 0 Å². The molecule has 5 heteroatoms. The maximum absolute atomic E-state index is 11.9. The summed E-state index contributed by atoms with van der Waals surface area (Å²) in [6, 6.07) is 3.42. The molecule has 1 atom stereocenters. The zero-order valence-electron chi connectivity index (χ0n) is 9.19. The first-order valence-electron chi connectivity index (χ1n) is 5.28. The lowest BCUT2D eigenvalue weighted by Gasteiger charge is -2.11. The van der Waals surface area contributed by atoms with Crippen LogP contribution in [0, 0.1) is 6.92 Å². The van der Waals surface area contributed by atoms with E-state index in [4.69, 9.17) is 10.5 Å². The first-order valence-corrected chi connectivity index (χ1v) is 5.28. The molecule has 0 saturated carbocycles. The fourth-order valence-electron chi connectivity index (χ4n) is 1.74. The lowest BCUT2D eigenvalue weighted by atomic mass is 10.2. The minimum atomic E-state index is -0.118. The number of nitrogen functional groups attached to an aromatic ring is 1. The number of nitrogens with zero attached hydrogens (tertiary/aromatic N) is 1. The molecule has 16 heavy (non-hydrogen) atoms. The summed E-state index contributed by atoms with van der Waals surface area (Å²) in [5.74, 6) is 0.250. The molecule has 1 aliphatic rings. The van der Waals surface area contributed by atoms with Crippen molar-refractivity contribution in [2.75, 3.05) is 18.9 Å². The normalized spacial score (nSPS) is 19.7. The van der Waals surface area contributed by atoms with Crippen LogP contribution >= 0.6 is 0 Å². The Morgan fingerprint density at radius 3 is 3.06 bits per heavy atom. The summed E-state index contributed by atoms with van der Waals surface area (Å²) in [6.45, 7) is 3.11. The Morgan fingerprint density at radius 1 is 1.62 bits per heavy atom. The lowest BCUT2D eigenvalue weighted by Crippen LogP contribution is -2.35. The number of pyridine rings is 1. The van der Waals surface area contributed by atoms with Crippen LogP contribution in [0.3, 0.4) is 0 Å². The molecule has 2 rings (SSSR count). The molecular formula is C11H15N3O2. The number of anilines is 1. The lowest BCUT2D eigenvalue weighted by molar-refractivity contribution is 0.0929. The molecule has 1 saturated heterocycles. The van der Waals surface area contributed by atoms with E-state index in [0.29, 0.717) is 24.6 Å². The average Bonchev–Trinajstić information content (AvgIpc) is 2.68. The Kier molecular flexibility index (Phi) is 3.05. The Labute approximate surface area is 94.0 Å². The second-order valence-electron chi connectivity index (χ2n) is 3.96. The molecule has 0 aliphatic carbocycles. The van der Waals surface area contributed by atoms with Gasteiger partial charge in [0.15, 0.2) is 0 Å². The van der Waals surface area contributed by atoms with Crippen LogP contribution in [0.15, 0.2) is 12.1 Å². The molecule has 0 bridgehead atoms. The predicted octanol–water partition coefficient (Wildman–Crippen LogP) is 0.491. The molecule has 1 amide bonds. The van der Waals surface area contributed by atoms with Crippen molar-refractivity contribution in [3.63, 3.8) is 0 Å². The summed E-state index contributed by atoms with van der Waals surface area (Å²) >= 11 is 0. The number of hydrogen-bond acceptors (Lipinski definition) is 4. The molecule has 1 aromatic rings. The molecule has 86 valence electrons. The van der Waals surface area contributed by atoms with Crippen LogP contribution in [-0.2, 0) is 4.74 Å². The third-order valence-corrected chi connectivity index (χ3v) is 2.50. The van der Waals surface area contributed by atoms with Gasteiger partial charge in [0.05, 0.1) is 12.6 Å². The van der Waals surface area contributed by atoms with Gasteiger partial charge in [0.25, 0.3) is 5.91 Å². The minimum Gasteiger partial charge on any atom is -0.384 e. The van der Waals surface area contributed by atoms with Crippen LogP contribution in [0.25, 0.3) is 0 Å². The van der Waals surface area contributed by atoms with Crippen LogP contribution in [0.4, 0.5) is 5.82 Å². The topological polar surface area (TPSA) is 77.2 Å². The SMILES string of the molecule is Cc1cc(C(=O)NC2CCOC2)cc(N)n1. The molecule has 5 nitrogen and oxygen atoms in total. The van der Waals surface area contributed by atoms with Gasteiger partial charge in [-0.25, -0.2) is 4.98 Å². The van der Waals surface area contributed by atoms with Crippen LogP contribution in [-0.4, -0.2) is 30.1 Å². The summed E-state index contributed by atoms with van der Waals surface area (Å²) in [6.07, 6.45) is 0.866. The quantitative estimate of drug-likeness (QED) is 0.762. The van der Waals surface area contributed by atoms with Crippen molar-refractivity contribution >= 4 is 11.7 Å². The summed E-state index contributed by atoms with van der Waals surface area (Å²) in [5.41, 5.74) is 6.89. The van der Waals surface area contributed by atoms with Gasteiger partial charge in [-0.3, -0.25) is 4.79 Å². The van der Waals surface area contributed by atoms with Crippen molar-refractivity contribution in [2.45, 2.75) is 19.4 Å². The van der Waals surface area contributed by atoms with E-state index >= 15 is 0 Å². The standard InChI is InChI=1S/C11H15N3O2/c1-7-4-8(5-10(12)13-7)11(15)14-9-2-3-16-6-9/h4-5,9H,2-3,6H2,1H3,(H2,12,13)(H,14,15). The number of amides is 1. The smallest absolute Gasteiger partial charge is 0.251 e. The number of aryl methyl sites for hydroxylation is 1. The first-order chi connectivity index (χ1) is 7.65. The molecule has 3 N–H and O–H groups in total. The van der Waals surface area contributed by atoms with Crippen LogP contribution in [0.5, 0.6) is 0 Å². The minimum absolute atomic E-state index is 0.113. The molecule has 0 aromatic carbocycles. The Hall–Kier alpha value is -1.62. The van der Waals surface area contributed by atoms with Crippen molar-refractivity contribution in [3.8, 4) is 0 Å². The third-order valence-electron chi connectivity index (χ3n) is 2.50. The summed E-state index contributed by atoms with van der Waals surface area (Å²) in [4.78, 5) is 15.9. The van der Waals surface area contributed by atoms with Gasteiger partial charge in [0, 0.05) is 17.9 Å². The van der Waals surface area contributed by atoms with Gasteiger partial charge in [0.2, 0.25) is 0 Å².